The SMILES string of the molecule is CC(C)CC(=O)N(C)[C@@H](C)C(=O)O. The minimum Gasteiger partial charge on any atom is -0.480 e. The molecule has 0 unspecified atom stereocenters. The Morgan fingerprint density at radius 2 is 1.77 bits per heavy atom. The summed E-state index contributed by atoms with van der Waals surface area (Å²) in [5, 5.41) is 8.64. The van der Waals surface area contributed by atoms with Gasteiger partial charge >= 0.3 is 5.97 Å². The van der Waals surface area contributed by atoms with E-state index in [1.54, 1.807) is 0 Å². The fraction of sp³-hybridized carbons (Fsp3) is 0.778. The molecule has 0 aliphatic rings. The van der Waals surface area contributed by atoms with Crippen LogP contribution in [0, 0.1) is 5.92 Å². The molecule has 1 N–H and O–H groups in total. The van der Waals surface area contributed by atoms with Crippen LogP contribution in [-0.2, 0) is 9.59 Å². The summed E-state index contributed by atoms with van der Waals surface area (Å²) in [6.45, 7) is 5.36. The lowest BCUT2D eigenvalue weighted by atomic mass is 10.1. The fourth-order valence-electron chi connectivity index (χ4n) is 0.875. The second kappa shape index (κ2) is 4.84. The van der Waals surface area contributed by atoms with Gasteiger partial charge in [-0.1, -0.05) is 13.8 Å². The first-order valence-electron chi connectivity index (χ1n) is 4.34. The van der Waals surface area contributed by atoms with Gasteiger partial charge in [0.25, 0.3) is 0 Å². The van der Waals surface area contributed by atoms with Crippen molar-refractivity contribution in [1.29, 1.82) is 0 Å². The van der Waals surface area contributed by atoms with E-state index in [0.717, 1.165) is 0 Å². The third-order valence-electron chi connectivity index (χ3n) is 1.91. The molecule has 0 spiro atoms. The van der Waals surface area contributed by atoms with Gasteiger partial charge in [0, 0.05) is 13.5 Å². The molecule has 0 saturated carbocycles. The van der Waals surface area contributed by atoms with Crippen molar-refractivity contribution in [1.82, 2.24) is 4.90 Å². The monoisotopic (exact) mass is 187 g/mol. The van der Waals surface area contributed by atoms with E-state index in [2.05, 4.69) is 0 Å². The van der Waals surface area contributed by atoms with Gasteiger partial charge in [0.1, 0.15) is 6.04 Å². The van der Waals surface area contributed by atoms with Crippen molar-refractivity contribution in [3.8, 4) is 0 Å². The molecular formula is C9H17NO3. The second-order valence-electron chi connectivity index (χ2n) is 3.62. The van der Waals surface area contributed by atoms with Crippen molar-refractivity contribution in [2.75, 3.05) is 7.05 Å². The molecule has 0 aromatic rings. The van der Waals surface area contributed by atoms with Gasteiger partial charge in [-0.05, 0) is 12.8 Å². The van der Waals surface area contributed by atoms with E-state index < -0.39 is 12.0 Å². The summed E-state index contributed by atoms with van der Waals surface area (Å²) in [5.41, 5.74) is 0. The third kappa shape index (κ3) is 3.92. The average Bonchev–Trinajstić information content (AvgIpc) is 2.00. The Morgan fingerprint density at radius 3 is 2.08 bits per heavy atom. The maximum Gasteiger partial charge on any atom is 0.326 e. The number of carbonyl (C=O) groups is 2. The molecule has 1 atom stereocenters. The molecule has 0 aromatic heterocycles. The maximum atomic E-state index is 11.4. The molecule has 0 aliphatic carbocycles. The van der Waals surface area contributed by atoms with Crippen molar-refractivity contribution in [2.24, 2.45) is 5.92 Å². The van der Waals surface area contributed by atoms with Gasteiger partial charge in [-0.3, -0.25) is 4.79 Å². The predicted molar refractivity (Wildman–Crippen MR) is 49.3 cm³/mol. The highest BCUT2D eigenvalue weighted by Crippen LogP contribution is 2.05. The number of carboxylic acids is 1. The Bertz CT molecular complexity index is 201. The van der Waals surface area contributed by atoms with Gasteiger partial charge in [-0.2, -0.15) is 0 Å². The molecule has 0 bridgehead atoms. The van der Waals surface area contributed by atoms with Crippen LogP contribution in [0.3, 0.4) is 0 Å². The Balaban J connectivity index is 4.17. The summed E-state index contributed by atoms with van der Waals surface area (Å²) < 4.78 is 0. The minimum absolute atomic E-state index is 0.120. The highest BCUT2D eigenvalue weighted by Gasteiger charge is 2.21. The van der Waals surface area contributed by atoms with Gasteiger partial charge in [0.2, 0.25) is 5.91 Å². The van der Waals surface area contributed by atoms with E-state index in [0.29, 0.717) is 6.42 Å². The topological polar surface area (TPSA) is 57.6 Å². The molecular weight excluding hydrogens is 170 g/mol. The zero-order valence-electron chi connectivity index (χ0n) is 8.57. The molecule has 4 nitrogen and oxygen atoms in total. The predicted octanol–water partition coefficient (Wildman–Crippen LogP) is 0.964. The van der Waals surface area contributed by atoms with Crippen molar-refractivity contribution in [2.45, 2.75) is 33.2 Å². The Kier molecular flexibility index (Phi) is 4.45. The molecule has 76 valence electrons. The zero-order valence-corrected chi connectivity index (χ0v) is 8.57. The third-order valence-corrected chi connectivity index (χ3v) is 1.91. The summed E-state index contributed by atoms with van der Waals surface area (Å²) in [5.74, 6) is -0.833. The minimum atomic E-state index is -0.973. The van der Waals surface area contributed by atoms with Crippen molar-refractivity contribution >= 4 is 11.9 Å². The van der Waals surface area contributed by atoms with E-state index >= 15 is 0 Å². The van der Waals surface area contributed by atoms with Gasteiger partial charge in [-0.15, -0.1) is 0 Å². The first kappa shape index (κ1) is 11.9. The normalized spacial score (nSPS) is 12.7. The average molecular weight is 187 g/mol. The van der Waals surface area contributed by atoms with Crippen LogP contribution < -0.4 is 0 Å². The van der Waals surface area contributed by atoms with Crippen LogP contribution in [0.2, 0.25) is 0 Å². The van der Waals surface area contributed by atoms with Gasteiger partial charge in [0.15, 0.2) is 0 Å². The largest absolute Gasteiger partial charge is 0.480 e. The van der Waals surface area contributed by atoms with E-state index in [1.165, 1.54) is 18.9 Å². The lowest BCUT2D eigenvalue weighted by molar-refractivity contribution is -0.148. The highest BCUT2D eigenvalue weighted by molar-refractivity contribution is 5.83. The smallest absolute Gasteiger partial charge is 0.326 e. The molecule has 13 heavy (non-hydrogen) atoms. The summed E-state index contributed by atoms with van der Waals surface area (Å²) in [6, 6.07) is -0.744. The summed E-state index contributed by atoms with van der Waals surface area (Å²) in [6.07, 6.45) is 0.397. The number of amides is 1. The van der Waals surface area contributed by atoms with E-state index in [-0.39, 0.29) is 11.8 Å². The maximum absolute atomic E-state index is 11.4. The molecule has 0 radical (unpaired) electrons. The van der Waals surface area contributed by atoms with Crippen molar-refractivity contribution in [3.63, 3.8) is 0 Å². The van der Waals surface area contributed by atoms with E-state index in [9.17, 15) is 9.59 Å². The van der Waals surface area contributed by atoms with Crippen LogP contribution in [0.25, 0.3) is 0 Å². The summed E-state index contributed by atoms with van der Waals surface area (Å²) in [7, 11) is 1.52. The molecule has 4 heteroatoms. The molecule has 0 fully saturated rings. The van der Waals surface area contributed by atoms with Crippen LogP contribution >= 0.6 is 0 Å². The highest BCUT2D eigenvalue weighted by atomic mass is 16.4. The van der Waals surface area contributed by atoms with Gasteiger partial charge in [-0.25, -0.2) is 4.79 Å². The van der Waals surface area contributed by atoms with Crippen LogP contribution in [0.15, 0.2) is 0 Å². The summed E-state index contributed by atoms with van der Waals surface area (Å²) in [4.78, 5) is 23.2. The molecule has 0 aromatic carbocycles. The number of carboxylic acid groups (broad SMARTS) is 1. The Morgan fingerprint density at radius 1 is 1.31 bits per heavy atom. The lowest BCUT2D eigenvalue weighted by Crippen LogP contribution is -2.40. The zero-order chi connectivity index (χ0) is 10.6. The summed E-state index contributed by atoms with van der Waals surface area (Å²) >= 11 is 0. The fourth-order valence-corrected chi connectivity index (χ4v) is 0.875. The number of rotatable bonds is 4. The Labute approximate surface area is 78.5 Å². The number of hydrogen-bond donors (Lipinski definition) is 1. The lowest BCUT2D eigenvalue weighted by Gasteiger charge is -2.22. The number of carbonyl (C=O) groups excluding carboxylic acids is 1. The van der Waals surface area contributed by atoms with Crippen molar-refractivity contribution in [3.05, 3.63) is 0 Å². The molecule has 0 heterocycles. The number of nitrogens with zero attached hydrogens (tertiary/aromatic N) is 1. The Hall–Kier alpha value is -1.06. The standard InChI is InChI=1S/C9H17NO3/c1-6(2)5-8(11)10(4)7(3)9(12)13/h6-7H,5H2,1-4H3,(H,12,13)/t7-/m0/s1. The van der Waals surface area contributed by atoms with Crippen LogP contribution in [-0.4, -0.2) is 35.0 Å². The van der Waals surface area contributed by atoms with Crippen LogP contribution in [0.1, 0.15) is 27.2 Å². The number of aliphatic carboxylic acids is 1. The quantitative estimate of drug-likeness (QED) is 0.713. The van der Waals surface area contributed by atoms with Crippen LogP contribution in [0.4, 0.5) is 0 Å². The van der Waals surface area contributed by atoms with Gasteiger partial charge in [0.05, 0.1) is 0 Å². The van der Waals surface area contributed by atoms with Crippen LogP contribution in [0.5, 0.6) is 0 Å². The van der Waals surface area contributed by atoms with Crippen molar-refractivity contribution < 1.29 is 14.7 Å². The molecule has 1 amide bonds. The van der Waals surface area contributed by atoms with E-state index in [1.807, 2.05) is 13.8 Å². The van der Waals surface area contributed by atoms with E-state index in [4.69, 9.17) is 5.11 Å². The molecule has 0 rings (SSSR count). The number of likely N-dealkylation sites (N-methyl/N-ethyl adjacent to an activating group) is 1. The second-order valence-corrected chi connectivity index (χ2v) is 3.62. The van der Waals surface area contributed by atoms with Gasteiger partial charge < -0.3 is 10.0 Å². The molecule has 0 saturated heterocycles. The number of hydrogen-bond acceptors (Lipinski definition) is 2. The molecule has 0 aliphatic heterocycles. The first-order valence-corrected chi connectivity index (χ1v) is 4.34. The first-order chi connectivity index (χ1) is 5.86.